The van der Waals surface area contributed by atoms with Crippen molar-refractivity contribution in [2.75, 3.05) is 6.61 Å². The van der Waals surface area contributed by atoms with Crippen molar-refractivity contribution in [1.82, 2.24) is 0 Å². The zero-order valence-electron chi connectivity index (χ0n) is 14.2. The molecule has 3 aromatic carbocycles. The van der Waals surface area contributed by atoms with Gasteiger partial charge in [0.05, 0.1) is 12.5 Å². The van der Waals surface area contributed by atoms with Crippen molar-refractivity contribution in [3.63, 3.8) is 0 Å². The Hall–Kier alpha value is -2.58. The number of aliphatic hydroxyl groups excluding tert-OH is 1. The van der Waals surface area contributed by atoms with Gasteiger partial charge in [-0.3, -0.25) is 0 Å². The lowest BCUT2D eigenvalue weighted by atomic mass is 9.81. The molecule has 2 heteroatoms. The quantitative estimate of drug-likeness (QED) is 0.476. The smallest absolute Gasteiger partial charge is 0.0902 e. The van der Waals surface area contributed by atoms with E-state index in [-0.39, 0.29) is 0 Å². The Kier molecular flexibility index (Phi) is 4.53. The Bertz CT molecular complexity index is 953. The lowest BCUT2D eigenvalue weighted by molar-refractivity contribution is 0.213. The summed E-state index contributed by atoms with van der Waals surface area (Å²) in [7, 11) is 0. The number of furan rings is 1. The Morgan fingerprint density at radius 3 is 2.40 bits per heavy atom. The molecular weight excluding hydrogens is 308 g/mol. The van der Waals surface area contributed by atoms with Crippen LogP contribution in [0.5, 0.6) is 0 Å². The van der Waals surface area contributed by atoms with Gasteiger partial charge in [-0.05, 0) is 70.0 Å². The summed E-state index contributed by atoms with van der Waals surface area (Å²) in [5.74, 6) is 0.445. The van der Waals surface area contributed by atoms with Gasteiger partial charge in [0.15, 0.2) is 0 Å². The van der Waals surface area contributed by atoms with Gasteiger partial charge in [0.1, 0.15) is 0 Å². The average Bonchev–Trinajstić information content (AvgIpc) is 3.27. The van der Waals surface area contributed by atoms with Gasteiger partial charge in [-0.2, -0.15) is 0 Å². The second kappa shape index (κ2) is 7.12. The molecule has 2 nitrogen and oxygen atoms in total. The molecule has 1 aliphatic rings. The first kappa shape index (κ1) is 15.9. The first-order valence-electron chi connectivity index (χ1n) is 8.87. The van der Waals surface area contributed by atoms with Crippen molar-refractivity contribution in [2.45, 2.75) is 19.3 Å². The van der Waals surface area contributed by atoms with Crippen LogP contribution in [-0.4, -0.2) is 11.7 Å². The van der Waals surface area contributed by atoms with Gasteiger partial charge in [-0.25, -0.2) is 0 Å². The van der Waals surface area contributed by atoms with E-state index in [4.69, 9.17) is 0 Å². The van der Waals surface area contributed by atoms with Gasteiger partial charge in [0.25, 0.3) is 0 Å². The molecule has 0 radical (unpaired) electrons. The maximum atomic E-state index is 9.37. The van der Waals surface area contributed by atoms with Crippen molar-refractivity contribution in [3.05, 3.63) is 84.3 Å². The standard InChI is InChI=1S/C19H18O.C4H4O/c20-12-13-5-8-17-15(11-13)7-10-18-16-4-2-1-3-14(16)6-9-19(17)18;1-2-4-5-3-1/h1-4,6-7,9-10,13,20H,5,8,11-12H2;1-4H. The van der Waals surface area contributed by atoms with Crippen molar-refractivity contribution >= 4 is 21.5 Å². The van der Waals surface area contributed by atoms with Gasteiger partial charge < -0.3 is 9.52 Å². The van der Waals surface area contributed by atoms with Crippen molar-refractivity contribution in [3.8, 4) is 0 Å². The zero-order chi connectivity index (χ0) is 17.1. The van der Waals surface area contributed by atoms with E-state index in [1.165, 1.54) is 32.7 Å². The Morgan fingerprint density at radius 1 is 0.840 bits per heavy atom. The van der Waals surface area contributed by atoms with Crippen LogP contribution in [0.3, 0.4) is 0 Å². The minimum Gasteiger partial charge on any atom is -0.473 e. The topological polar surface area (TPSA) is 33.4 Å². The van der Waals surface area contributed by atoms with Gasteiger partial charge in [0.2, 0.25) is 0 Å². The normalized spacial score (nSPS) is 16.3. The van der Waals surface area contributed by atoms with Gasteiger partial charge in [-0.1, -0.05) is 48.5 Å². The monoisotopic (exact) mass is 330 g/mol. The Labute approximate surface area is 147 Å². The highest BCUT2D eigenvalue weighted by molar-refractivity contribution is 6.08. The molecule has 1 aromatic heterocycles. The lowest BCUT2D eigenvalue weighted by Gasteiger charge is -2.24. The summed E-state index contributed by atoms with van der Waals surface area (Å²) in [6.45, 7) is 0.315. The van der Waals surface area contributed by atoms with Gasteiger partial charge in [-0.15, -0.1) is 0 Å². The molecule has 0 spiro atoms. The summed E-state index contributed by atoms with van der Waals surface area (Å²) >= 11 is 0. The molecule has 0 amide bonds. The van der Waals surface area contributed by atoms with E-state index in [1.807, 2.05) is 12.1 Å². The van der Waals surface area contributed by atoms with Crippen LogP contribution in [-0.2, 0) is 12.8 Å². The average molecular weight is 330 g/mol. The van der Waals surface area contributed by atoms with Crippen molar-refractivity contribution in [1.29, 1.82) is 0 Å². The summed E-state index contributed by atoms with van der Waals surface area (Å²) < 4.78 is 4.58. The van der Waals surface area contributed by atoms with E-state index in [9.17, 15) is 5.11 Å². The molecular formula is C23H22O2. The fourth-order valence-corrected chi connectivity index (χ4v) is 3.83. The molecule has 0 bridgehead atoms. The molecule has 1 atom stereocenters. The maximum Gasteiger partial charge on any atom is 0.0902 e. The third-order valence-corrected chi connectivity index (χ3v) is 5.13. The molecule has 5 rings (SSSR count). The predicted octanol–water partition coefficient (Wildman–Crippen LogP) is 5.37. The second-order valence-corrected chi connectivity index (χ2v) is 6.67. The van der Waals surface area contributed by atoms with Crippen LogP contribution < -0.4 is 0 Å². The van der Waals surface area contributed by atoms with Crippen LogP contribution in [0.25, 0.3) is 21.5 Å². The zero-order valence-corrected chi connectivity index (χ0v) is 14.2. The highest BCUT2D eigenvalue weighted by Gasteiger charge is 2.19. The molecule has 0 fully saturated rings. The fourth-order valence-electron chi connectivity index (χ4n) is 3.83. The van der Waals surface area contributed by atoms with E-state index in [2.05, 4.69) is 52.9 Å². The van der Waals surface area contributed by atoms with E-state index in [1.54, 1.807) is 12.5 Å². The Balaban J connectivity index is 0.000000272. The molecule has 0 saturated heterocycles. The number of hydrogen-bond acceptors (Lipinski definition) is 2. The SMILES string of the molecule is OCC1CCc2c(ccc3c2ccc2ccccc23)C1.c1ccoc1. The molecule has 1 unspecified atom stereocenters. The van der Waals surface area contributed by atoms with Crippen LogP contribution in [0.1, 0.15) is 17.5 Å². The number of aryl methyl sites for hydroxylation is 1. The largest absolute Gasteiger partial charge is 0.473 e. The molecule has 0 saturated carbocycles. The van der Waals surface area contributed by atoms with Crippen molar-refractivity contribution in [2.24, 2.45) is 5.92 Å². The van der Waals surface area contributed by atoms with Gasteiger partial charge in [0, 0.05) is 6.61 Å². The number of hydrogen-bond donors (Lipinski definition) is 1. The number of fused-ring (bicyclic) bond motifs is 5. The molecule has 1 aliphatic carbocycles. The summed E-state index contributed by atoms with van der Waals surface area (Å²) in [5.41, 5.74) is 2.93. The number of benzene rings is 3. The minimum absolute atomic E-state index is 0.315. The van der Waals surface area contributed by atoms with E-state index in [0.717, 1.165) is 19.3 Å². The van der Waals surface area contributed by atoms with E-state index in [0.29, 0.717) is 12.5 Å². The highest BCUT2D eigenvalue weighted by Crippen LogP contribution is 2.34. The lowest BCUT2D eigenvalue weighted by Crippen LogP contribution is -2.17. The first-order valence-corrected chi connectivity index (χ1v) is 8.87. The molecule has 25 heavy (non-hydrogen) atoms. The van der Waals surface area contributed by atoms with Crippen LogP contribution in [0.15, 0.2) is 77.6 Å². The highest BCUT2D eigenvalue weighted by atomic mass is 16.3. The van der Waals surface area contributed by atoms with Crippen LogP contribution in [0, 0.1) is 5.92 Å². The first-order chi connectivity index (χ1) is 12.4. The van der Waals surface area contributed by atoms with E-state index >= 15 is 0 Å². The van der Waals surface area contributed by atoms with Gasteiger partial charge >= 0.3 is 0 Å². The van der Waals surface area contributed by atoms with Crippen molar-refractivity contribution < 1.29 is 9.52 Å². The second-order valence-electron chi connectivity index (χ2n) is 6.67. The molecule has 126 valence electrons. The van der Waals surface area contributed by atoms with E-state index < -0.39 is 0 Å². The summed E-state index contributed by atoms with van der Waals surface area (Å²) in [4.78, 5) is 0. The number of aliphatic hydroxyl groups is 1. The van der Waals surface area contributed by atoms with Crippen LogP contribution in [0.4, 0.5) is 0 Å². The minimum atomic E-state index is 0.315. The van der Waals surface area contributed by atoms with Crippen LogP contribution >= 0.6 is 0 Å². The molecule has 1 N–H and O–H groups in total. The molecule has 0 aliphatic heterocycles. The molecule has 1 heterocycles. The third-order valence-electron chi connectivity index (χ3n) is 5.13. The summed E-state index contributed by atoms with van der Waals surface area (Å²) in [6.07, 6.45) is 6.47. The number of rotatable bonds is 1. The third kappa shape index (κ3) is 3.18. The molecule has 4 aromatic rings. The maximum absolute atomic E-state index is 9.37. The summed E-state index contributed by atoms with van der Waals surface area (Å²) in [5, 5.41) is 14.8. The Morgan fingerprint density at radius 2 is 1.64 bits per heavy atom. The summed E-state index contributed by atoms with van der Waals surface area (Å²) in [6, 6.07) is 21.3. The predicted molar refractivity (Wildman–Crippen MR) is 103 cm³/mol. The fraction of sp³-hybridized carbons (Fsp3) is 0.217. The van der Waals surface area contributed by atoms with Crippen LogP contribution in [0.2, 0.25) is 0 Å².